The first-order valence-corrected chi connectivity index (χ1v) is 9.62. The van der Waals surface area contributed by atoms with Gasteiger partial charge in [-0.2, -0.15) is 5.10 Å². The molecule has 25 heavy (non-hydrogen) atoms. The highest BCUT2D eigenvalue weighted by Crippen LogP contribution is 2.40. The number of nitrogens with one attached hydrogen (secondary N) is 1. The Morgan fingerprint density at radius 1 is 1.44 bits per heavy atom. The maximum atomic E-state index is 12.9. The number of carbonyl (C=O) groups is 1. The zero-order valence-electron chi connectivity index (χ0n) is 14.7. The second-order valence-corrected chi connectivity index (χ2v) is 8.00. The maximum Gasteiger partial charge on any atom is 0.252 e. The van der Waals surface area contributed by atoms with E-state index in [2.05, 4.69) is 42.6 Å². The molecule has 4 rings (SSSR count). The van der Waals surface area contributed by atoms with Crippen LogP contribution in [0.25, 0.3) is 11.0 Å². The summed E-state index contributed by atoms with van der Waals surface area (Å²) in [6.45, 7) is 6.79. The van der Waals surface area contributed by atoms with Crippen molar-refractivity contribution in [3.05, 3.63) is 45.4 Å². The minimum Gasteiger partial charge on any atom is -0.347 e. The van der Waals surface area contributed by atoms with Gasteiger partial charge in [-0.1, -0.05) is 0 Å². The molecule has 1 amide bonds. The van der Waals surface area contributed by atoms with Crippen LogP contribution in [0.2, 0.25) is 0 Å². The molecular formula is C19H22N4OS. The van der Waals surface area contributed by atoms with Gasteiger partial charge in [-0.05, 0) is 56.7 Å². The number of aryl methyl sites for hydroxylation is 1. The normalized spacial score (nSPS) is 14.4. The Kier molecular flexibility index (Phi) is 4.07. The number of nitrogens with zero attached hydrogens (tertiary/aromatic N) is 3. The molecule has 1 aliphatic rings. The fourth-order valence-electron chi connectivity index (χ4n) is 3.03. The number of aromatic nitrogens is 3. The molecule has 130 valence electrons. The third-order valence-electron chi connectivity index (χ3n) is 4.69. The van der Waals surface area contributed by atoms with Crippen LogP contribution >= 0.6 is 11.3 Å². The van der Waals surface area contributed by atoms with Crippen molar-refractivity contribution >= 4 is 28.3 Å². The SMILES string of the molecule is Cc1ccsc1CNC(=O)c1cc(C2CC2)nc2c1cnn2C(C)C. The lowest BCUT2D eigenvalue weighted by Crippen LogP contribution is -2.23. The standard InChI is InChI=1S/C19H22N4OS/c1-11(2)23-18-15(9-21-23)14(8-16(22-18)13-4-5-13)19(24)20-10-17-12(3)6-7-25-17/h6-9,11,13H,4-5,10H2,1-3H3,(H,20,24). The van der Waals surface area contributed by atoms with Crippen LogP contribution in [0.15, 0.2) is 23.7 Å². The second kappa shape index (κ2) is 6.26. The van der Waals surface area contributed by atoms with E-state index in [4.69, 9.17) is 4.98 Å². The average molecular weight is 354 g/mol. The van der Waals surface area contributed by atoms with Crippen LogP contribution < -0.4 is 5.32 Å². The smallest absolute Gasteiger partial charge is 0.252 e. The van der Waals surface area contributed by atoms with Crippen LogP contribution in [-0.4, -0.2) is 20.7 Å². The molecule has 1 fully saturated rings. The maximum absolute atomic E-state index is 12.9. The van der Waals surface area contributed by atoms with E-state index in [-0.39, 0.29) is 11.9 Å². The molecule has 3 aromatic rings. The zero-order chi connectivity index (χ0) is 17.6. The van der Waals surface area contributed by atoms with Gasteiger partial charge in [0.05, 0.1) is 23.7 Å². The first-order valence-electron chi connectivity index (χ1n) is 8.74. The molecule has 0 saturated heterocycles. The highest BCUT2D eigenvalue weighted by Gasteiger charge is 2.28. The van der Waals surface area contributed by atoms with Gasteiger partial charge in [-0.25, -0.2) is 9.67 Å². The van der Waals surface area contributed by atoms with Crippen LogP contribution in [0.4, 0.5) is 0 Å². The lowest BCUT2D eigenvalue weighted by molar-refractivity contribution is 0.0952. The molecule has 3 aromatic heterocycles. The predicted octanol–water partition coefficient (Wildman–Crippen LogP) is 4.19. The Hall–Kier alpha value is -2.21. The van der Waals surface area contributed by atoms with Crippen molar-refractivity contribution in [3.8, 4) is 0 Å². The van der Waals surface area contributed by atoms with Gasteiger partial charge in [-0.3, -0.25) is 4.79 Å². The number of thiophene rings is 1. The Bertz CT molecular complexity index is 936. The molecule has 0 radical (unpaired) electrons. The highest BCUT2D eigenvalue weighted by atomic mass is 32.1. The van der Waals surface area contributed by atoms with E-state index in [1.54, 1.807) is 17.5 Å². The summed E-state index contributed by atoms with van der Waals surface area (Å²) in [6, 6.07) is 4.25. The number of pyridine rings is 1. The lowest BCUT2D eigenvalue weighted by atomic mass is 10.1. The van der Waals surface area contributed by atoms with Crippen LogP contribution in [0.1, 0.15) is 65.1 Å². The largest absolute Gasteiger partial charge is 0.347 e. The fraction of sp³-hybridized carbons (Fsp3) is 0.421. The third-order valence-corrected chi connectivity index (χ3v) is 5.72. The van der Waals surface area contributed by atoms with Crippen molar-refractivity contribution in [3.63, 3.8) is 0 Å². The average Bonchev–Trinajstić information content (AvgIpc) is 3.22. The molecule has 0 aliphatic heterocycles. The van der Waals surface area contributed by atoms with Crippen LogP contribution in [0.5, 0.6) is 0 Å². The molecule has 0 spiro atoms. The minimum atomic E-state index is -0.0505. The van der Waals surface area contributed by atoms with Gasteiger partial charge in [0.25, 0.3) is 5.91 Å². The zero-order valence-corrected chi connectivity index (χ0v) is 15.6. The summed E-state index contributed by atoms with van der Waals surface area (Å²) in [5, 5.41) is 10.4. The van der Waals surface area contributed by atoms with E-state index in [9.17, 15) is 4.79 Å². The van der Waals surface area contributed by atoms with Crippen molar-refractivity contribution in [2.75, 3.05) is 0 Å². The van der Waals surface area contributed by atoms with E-state index >= 15 is 0 Å². The Morgan fingerprint density at radius 2 is 2.24 bits per heavy atom. The molecule has 0 bridgehead atoms. The quantitative estimate of drug-likeness (QED) is 0.747. The number of hydrogen-bond acceptors (Lipinski definition) is 4. The molecular weight excluding hydrogens is 332 g/mol. The van der Waals surface area contributed by atoms with E-state index in [1.165, 1.54) is 10.4 Å². The summed E-state index contributed by atoms with van der Waals surface area (Å²) in [5.41, 5.74) is 3.74. The Morgan fingerprint density at radius 3 is 2.88 bits per heavy atom. The summed E-state index contributed by atoms with van der Waals surface area (Å²) in [6.07, 6.45) is 4.08. The van der Waals surface area contributed by atoms with Gasteiger partial charge in [-0.15, -0.1) is 11.3 Å². The fourth-order valence-corrected chi connectivity index (χ4v) is 3.88. The van der Waals surface area contributed by atoms with Gasteiger partial charge < -0.3 is 5.32 Å². The summed E-state index contributed by atoms with van der Waals surface area (Å²) >= 11 is 1.67. The van der Waals surface area contributed by atoms with Crippen molar-refractivity contribution < 1.29 is 4.79 Å². The summed E-state index contributed by atoms with van der Waals surface area (Å²) in [4.78, 5) is 18.9. The molecule has 6 heteroatoms. The Labute approximate surface area is 151 Å². The van der Waals surface area contributed by atoms with Gasteiger partial charge in [0.15, 0.2) is 5.65 Å². The Balaban J connectivity index is 1.69. The van der Waals surface area contributed by atoms with Gasteiger partial charge >= 0.3 is 0 Å². The summed E-state index contributed by atoms with van der Waals surface area (Å²) in [7, 11) is 0. The second-order valence-electron chi connectivity index (χ2n) is 7.00. The number of hydrogen-bond donors (Lipinski definition) is 1. The number of rotatable bonds is 5. The summed E-state index contributed by atoms with van der Waals surface area (Å²) in [5.74, 6) is 0.441. The highest BCUT2D eigenvalue weighted by molar-refractivity contribution is 7.10. The van der Waals surface area contributed by atoms with Crippen LogP contribution in [0.3, 0.4) is 0 Å². The van der Waals surface area contributed by atoms with Crippen LogP contribution in [0, 0.1) is 6.92 Å². The molecule has 0 aromatic carbocycles. The lowest BCUT2D eigenvalue weighted by Gasteiger charge is -2.10. The molecule has 3 heterocycles. The number of amides is 1. The van der Waals surface area contributed by atoms with Crippen LogP contribution in [-0.2, 0) is 6.54 Å². The summed E-state index contributed by atoms with van der Waals surface area (Å²) < 4.78 is 1.90. The molecule has 0 unspecified atom stereocenters. The van der Waals surface area contributed by atoms with Crippen molar-refractivity contribution in [2.24, 2.45) is 0 Å². The van der Waals surface area contributed by atoms with Gasteiger partial charge in [0.1, 0.15) is 0 Å². The van der Waals surface area contributed by atoms with E-state index in [0.717, 1.165) is 29.6 Å². The van der Waals surface area contributed by atoms with Crippen molar-refractivity contribution in [2.45, 2.75) is 52.1 Å². The van der Waals surface area contributed by atoms with E-state index in [0.29, 0.717) is 18.0 Å². The topological polar surface area (TPSA) is 59.8 Å². The third kappa shape index (κ3) is 3.06. The van der Waals surface area contributed by atoms with Crippen molar-refractivity contribution in [1.29, 1.82) is 0 Å². The van der Waals surface area contributed by atoms with Gasteiger partial charge in [0, 0.05) is 22.5 Å². The number of carbonyl (C=O) groups excluding carboxylic acids is 1. The van der Waals surface area contributed by atoms with Gasteiger partial charge in [0.2, 0.25) is 0 Å². The van der Waals surface area contributed by atoms with E-state index in [1.807, 2.05) is 10.7 Å². The molecule has 0 atom stereocenters. The number of fused-ring (bicyclic) bond motifs is 1. The first kappa shape index (κ1) is 16.3. The predicted molar refractivity (Wildman–Crippen MR) is 100 cm³/mol. The molecule has 1 saturated carbocycles. The molecule has 5 nitrogen and oxygen atoms in total. The van der Waals surface area contributed by atoms with Crippen molar-refractivity contribution in [1.82, 2.24) is 20.1 Å². The monoisotopic (exact) mass is 354 g/mol. The van der Waals surface area contributed by atoms with E-state index < -0.39 is 0 Å². The molecule has 1 aliphatic carbocycles. The molecule has 1 N–H and O–H groups in total. The minimum absolute atomic E-state index is 0.0505. The first-order chi connectivity index (χ1) is 12.0.